The fourth-order valence-corrected chi connectivity index (χ4v) is 8.40. The molecule has 0 saturated carbocycles. The van der Waals surface area contributed by atoms with Crippen LogP contribution in [0.3, 0.4) is 0 Å². The van der Waals surface area contributed by atoms with Gasteiger partial charge in [0.25, 0.3) is 0 Å². The van der Waals surface area contributed by atoms with E-state index in [1.54, 1.807) is 13.1 Å². The zero-order valence-electron chi connectivity index (χ0n) is 12.8. The molecule has 0 aliphatic carbocycles. The summed E-state index contributed by atoms with van der Waals surface area (Å²) in [7, 11) is -0.468. The molecule has 0 aromatic heterocycles. The van der Waals surface area contributed by atoms with E-state index in [-0.39, 0.29) is 0 Å². The van der Waals surface area contributed by atoms with Crippen molar-refractivity contribution in [1.29, 1.82) is 0 Å². The zero-order valence-corrected chi connectivity index (χ0v) is 15.8. The first-order valence-corrected chi connectivity index (χ1v) is 11.6. The van der Waals surface area contributed by atoms with Crippen LogP contribution in [0.15, 0.2) is 0 Å². The van der Waals surface area contributed by atoms with Gasteiger partial charge >= 0.3 is 26.7 Å². The molecule has 0 aliphatic rings. The second-order valence-electron chi connectivity index (χ2n) is 3.65. The van der Waals surface area contributed by atoms with E-state index in [0.29, 0.717) is 0 Å². The van der Waals surface area contributed by atoms with Crippen molar-refractivity contribution in [2.24, 2.45) is 0 Å². The van der Waals surface area contributed by atoms with Gasteiger partial charge in [-0.2, -0.15) is 0 Å². The molecule has 0 aromatic carbocycles. The third-order valence-electron chi connectivity index (χ3n) is 2.60. The molecular formula is C8H24O8Si3. The second-order valence-corrected chi connectivity index (χ2v) is 12.2. The van der Waals surface area contributed by atoms with Crippen molar-refractivity contribution in [3.05, 3.63) is 0 Å². The highest BCUT2D eigenvalue weighted by Gasteiger charge is 2.57. The van der Waals surface area contributed by atoms with Crippen molar-refractivity contribution in [2.75, 3.05) is 42.7 Å². The highest BCUT2D eigenvalue weighted by Crippen LogP contribution is 2.23. The summed E-state index contributed by atoms with van der Waals surface area (Å²) < 4.78 is 43.1. The summed E-state index contributed by atoms with van der Waals surface area (Å²) in [5.41, 5.74) is 0. The van der Waals surface area contributed by atoms with E-state index in [1.807, 2.05) is 0 Å². The highest BCUT2D eigenvalue weighted by atomic mass is 28.5. The predicted octanol–water partition coefficient (Wildman–Crippen LogP) is 0.471. The minimum absolute atomic E-state index is 1.43. The lowest BCUT2D eigenvalue weighted by atomic mass is 11.8. The fraction of sp³-hybridized carbons (Fsp3) is 1.00. The lowest BCUT2D eigenvalue weighted by molar-refractivity contribution is 0.0129. The SMILES string of the molecule is CO[Si](C)(OC)O[Si](OC)(OC)O[Si](C)(OC)OC. The van der Waals surface area contributed by atoms with Crippen molar-refractivity contribution in [2.45, 2.75) is 13.1 Å². The van der Waals surface area contributed by atoms with Crippen LogP contribution >= 0.6 is 0 Å². The third-order valence-corrected chi connectivity index (χ3v) is 11.5. The smallest absolute Gasteiger partial charge is 0.377 e. The minimum atomic E-state index is -3.47. The number of hydrogen-bond acceptors (Lipinski definition) is 8. The molecule has 11 heteroatoms. The quantitative estimate of drug-likeness (QED) is 0.535. The zero-order chi connectivity index (χ0) is 15.2. The molecule has 0 amide bonds. The van der Waals surface area contributed by atoms with E-state index in [1.165, 1.54) is 42.7 Å². The van der Waals surface area contributed by atoms with Crippen LogP contribution in [-0.2, 0) is 34.8 Å². The molecule has 0 rings (SSSR count). The monoisotopic (exact) mass is 332 g/mol. The summed E-state index contributed by atoms with van der Waals surface area (Å²) in [5, 5.41) is 0. The van der Waals surface area contributed by atoms with E-state index < -0.39 is 26.7 Å². The molecule has 19 heavy (non-hydrogen) atoms. The molecule has 0 atom stereocenters. The molecule has 0 unspecified atom stereocenters. The number of hydrogen-bond donors (Lipinski definition) is 0. The predicted molar refractivity (Wildman–Crippen MR) is 73.2 cm³/mol. The van der Waals surface area contributed by atoms with Gasteiger partial charge in [-0.15, -0.1) is 0 Å². The second kappa shape index (κ2) is 7.94. The average molecular weight is 333 g/mol. The molecule has 0 spiro atoms. The lowest BCUT2D eigenvalue weighted by Crippen LogP contribution is -2.63. The van der Waals surface area contributed by atoms with Gasteiger partial charge in [0.1, 0.15) is 0 Å². The Balaban J connectivity index is 5.15. The molecule has 8 nitrogen and oxygen atoms in total. The van der Waals surface area contributed by atoms with Crippen molar-refractivity contribution in [3.63, 3.8) is 0 Å². The molecule has 0 aromatic rings. The summed E-state index contributed by atoms with van der Waals surface area (Å²) in [5.74, 6) is 0. The molecule has 0 radical (unpaired) electrons. The van der Waals surface area contributed by atoms with Crippen LogP contribution in [0.25, 0.3) is 0 Å². The topological polar surface area (TPSA) is 73.8 Å². The van der Waals surface area contributed by atoms with Gasteiger partial charge in [-0.25, -0.2) is 0 Å². The van der Waals surface area contributed by atoms with Gasteiger partial charge in [-0.05, 0) is 0 Å². The van der Waals surface area contributed by atoms with Crippen LogP contribution in [0.2, 0.25) is 13.1 Å². The molecular weight excluding hydrogens is 308 g/mol. The van der Waals surface area contributed by atoms with Crippen molar-refractivity contribution in [3.8, 4) is 0 Å². The maximum atomic E-state index is 5.76. The van der Waals surface area contributed by atoms with Crippen LogP contribution in [0.1, 0.15) is 0 Å². The van der Waals surface area contributed by atoms with Crippen LogP contribution in [0.4, 0.5) is 0 Å². The Bertz CT molecular complexity index is 232. The Kier molecular flexibility index (Phi) is 8.08. The standard InChI is InChI=1S/C8H24O8Si3/c1-9-17(7,10-2)15-19(13-5,14-6)16-18(8,11-3)12-4/h1-8H3. The molecule has 0 aliphatic heterocycles. The summed E-state index contributed by atoms with van der Waals surface area (Å²) in [6.45, 7) is 3.41. The largest absolute Gasteiger partial charge is 0.664 e. The Morgan fingerprint density at radius 1 is 0.474 bits per heavy atom. The van der Waals surface area contributed by atoms with Gasteiger partial charge < -0.3 is 34.8 Å². The van der Waals surface area contributed by atoms with Gasteiger partial charge in [-0.3, -0.25) is 0 Å². The van der Waals surface area contributed by atoms with E-state index in [9.17, 15) is 0 Å². The van der Waals surface area contributed by atoms with Crippen molar-refractivity contribution >= 4 is 26.7 Å². The van der Waals surface area contributed by atoms with Gasteiger partial charge in [0.15, 0.2) is 0 Å². The highest BCUT2D eigenvalue weighted by molar-refractivity contribution is 6.77. The summed E-state index contributed by atoms with van der Waals surface area (Å²) in [4.78, 5) is 0. The van der Waals surface area contributed by atoms with E-state index in [4.69, 9.17) is 34.8 Å². The van der Waals surface area contributed by atoms with E-state index in [2.05, 4.69) is 0 Å². The normalized spacial score (nSPS) is 13.9. The Hall–Kier alpha value is 0.331. The van der Waals surface area contributed by atoms with Gasteiger partial charge in [0.05, 0.1) is 0 Å². The molecule has 0 N–H and O–H groups in total. The Labute approximate surface area is 118 Å². The van der Waals surface area contributed by atoms with Gasteiger partial charge in [-0.1, -0.05) is 0 Å². The summed E-state index contributed by atoms with van der Waals surface area (Å²) in [6.07, 6.45) is 0. The summed E-state index contributed by atoms with van der Waals surface area (Å²) >= 11 is 0. The van der Waals surface area contributed by atoms with Crippen molar-refractivity contribution in [1.82, 2.24) is 0 Å². The van der Waals surface area contributed by atoms with Crippen LogP contribution in [-0.4, -0.2) is 69.3 Å². The molecule has 0 saturated heterocycles. The Morgan fingerprint density at radius 2 is 0.737 bits per heavy atom. The third kappa shape index (κ3) is 5.31. The molecule has 0 heterocycles. The lowest BCUT2D eigenvalue weighted by Gasteiger charge is -2.36. The first kappa shape index (κ1) is 19.3. The maximum Gasteiger partial charge on any atom is 0.664 e. The fourth-order valence-electron chi connectivity index (χ4n) is 1.06. The van der Waals surface area contributed by atoms with E-state index >= 15 is 0 Å². The maximum absolute atomic E-state index is 5.76. The summed E-state index contributed by atoms with van der Waals surface area (Å²) in [6, 6.07) is 0. The molecule has 0 bridgehead atoms. The van der Waals surface area contributed by atoms with Crippen LogP contribution < -0.4 is 0 Å². The molecule has 0 fully saturated rings. The first-order chi connectivity index (χ1) is 8.78. The van der Waals surface area contributed by atoms with E-state index in [0.717, 1.165) is 0 Å². The van der Waals surface area contributed by atoms with Crippen LogP contribution in [0.5, 0.6) is 0 Å². The first-order valence-electron chi connectivity index (χ1n) is 5.49. The Morgan fingerprint density at radius 3 is 0.895 bits per heavy atom. The number of rotatable bonds is 10. The molecule has 116 valence electrons. The van der Waals surface area contributed by atoms with Gasteiger partial charge in [0.2, 0.25) is 0 Å². The van der Waals surface area contributed by atoms with Crippen molar-refractivity contribution < 1.29 is 34.8 Å². The average Bonchev–Trinajstić information content (AvgIpc) is 2.46. The minimum Gasteiger partial charge on any atom is -0.377 e. The van der Waals surface area contributed by atoms with Crippen LogP contribution in [0, 0.1) is 0 Å². The van der Waals surface area contributed by atoms with Gasteiger partial charge in [0, 0.05) is 55.8 Å².